The molecule has 106 valence electrons. The fourth-order valence-electron chi connectivity index (χ4n) is 2.59. The predicted molar refractivity (Wildman–Crippen MR) is 77.3 cm³/mol. The van der Waals surface area contributed by atoms with E-state index in [0.29, 0.717) is 11.9 Å². The van der Waals surface area contributed by atoms with Gasteiger partial charge in [0.15, 0.2) is 0 Å². The summed E-state index contributed by atoms with van der Waals surface area (Å²) in [7, 11) is 0. The lowest BCUT2D eigenvalue weighted by Gasteiger charge is -2.20. The molecule has 0 bridgehead atoms. The van der Waals surface area contributed by atoms with Gasteiger partial charge in [0.05, 0.1) is 6.10 Å². The lowest BCUT2D eigenvalue weighted by atomic mass is 10.1. The zero-order valence-electron chi connectivity index (χ0n) is 11.8. The number of aromatic hydroxyl groups is 1. The topological polar surface area (TPSA) is 32.7 Å². The van der Waals surface area contributed by atoms with Gasteiger partial charge < -0.3 is 9.84 Å². The average molecular weight is 263 g/mol. The maximum absolute atomic E-state index is 9.29. The van der Waals surface area contributed by atoms with Crippen LogP contribution < -0.4 is 0 Å². The van der Waals surface area contributed by atoms with Crippen LogP contribution in [0.4, 0.5) is 0 Å². The highest BCUT2D eigenvalue weighted by molar-refractivity contribution is 5.25. The Labute approximate surface area is 116 Å². The van der Waals surface area contributed by atoms with Crippen molar-refractivity contribution < 1.29 is 9.84 Å². The molecule has 0 amide bonds. The summed E-state index contributed by atoms with van der Waals surface area (Å²) in [4.78, 5) is 2.49. The zero-order valence-corrected chi connectivity index (χ0v) is 11.8. The van der Waals surface area contributed by atoms with Crippen LogP contribution in [-0.4, -0.2) is 35.8 Å². The van der Waals surface area contributed by atoms with Gasteiger partial charge in [0.2, 0.25) is 0 Å². The molecule has 1 aromatic rings. The lowest BCUT2D eigenvalue weighted by molar-refractivity contribution is 0.0437. The van der Waals surface area contributed by atoms with Gasteiger partial charge >= 0.3 is 0 Å². The molecule has 1 atom stereocenters. The van der Waals surface area contributed by atoms with E-state index >= 15 is 0 Å². The number of ether oxygens (including phenoxy) is 1. The van der Waals surface area contributed by atoms with Crippen LogP contribution in [0.3, 0.4) is 0 Å². The smallest absolute Gasteiger partial charge is 0.115 e. The molecule has 1 aliphatic heterocycles. The summed E-state index contributed by atoms with van der Waals surface area (Å²) < 4.78 is 5.87. The van der Waals surface area contributed by atoms with Crippen LogP contribution in [-0.2, 0) is 11.3 Å². The van der Waals surface area contributed by atoms with Crippen LogP contribution in [0.25, 0.3) is 0 Å². The summed E-state index contributed by atoms with van der Waals surface area (Å²) in [6, 6.07) is 7.54. The van der Waals surface area contributed by atoms with Gasteiger partial charge in [0.1, 0.15) is 5.75 Å². The van der Waals surface area contributed by atoms with Gasteiger partial charge in [0, 0.05) is 19.7 Å². The first-order chi connectivity index (χ1) is 9.28. The van der Waals surface area contributed by atoms with Gasteiger partial charge in [0.25, 0.3) is 0 Å². The van der Waals surface area contributed by atoms with Crippen LogP contribution in [0.1, 0.15) is 38.2 Å². The van der Waals surface area contributed by atoms with Crippen LogP contribution in [0.2, 0.25) is 0 Å². The normalized spacial score (nSPS) is 21.2. The van der Waals surface area contributed by atoms with Gasteiger partial charge in [-0.1, -0.05) is 19.1 Å². The van der Waals surface area contributed by atoms with E-state index in [2.05, 4.69) is 11.8 Å². The van der Waals surface area contributed by atoms with Crippen LogP contribution in [0.5, 0.6) is 5.75 Å². The van der Waals surface area contributed by atoms with E-state index in [9.17, 15) is 5.11 Å². The minimum absolute atomic E-state index is 0.340. The molecule has 0 unspecified atom stereocenters. The molecule has 1 N–H and O–H groups in total. The highest BCUT2D eigenvalue weighted by Crippen LogP contribution is 2.17. The summed E-state index contributed by atoms with van der Waals surface area (Å²) in [6.45, 7) is 6.28. The van der Waals surface area contributed by atoms with Gasteiger partial charge in [-0.2, -0.15) is 0 Å². The molecule has 1 fully saturated rings. The molecule has 1 aromatic carbocycles. The molecule has 0 saturated carbocycles. The molecule has 0 spiro atoms. The SMILES string of the molecule is CCCO[C@H]1CCCN(Cc2ccc(O)cc2)CC1. The number of rotatable bonds is 5. The molecule has 19 heavy (non-hydrogen) atoms. The number of phenols is 1. The zero-order chi connectivity index (χ0) is 13.5. The minimum Gasteiger partial charge on any atom is -0.508 e. The van der Waals surface area contributed by atoms with E-state index in [-0.39, 0.29) is 0 Å². The van der Waals surface area contributed by atoms with E-state index in [1.165, 1.54) is 18.4 Å². The number of hydrogen-bond donors (Lipinski definition) is 1. The van der Waals surface area contributed by atoms with Crippen LogP contribution in [0, 0.1) is 0 Å². The fraction of sp³-hybridized carbons (Fsp3) is 0.625. The summed E-state index contributed by atoms with van der Waals surface area (Å²) in [6.07, 6.45) is 5.09. The van der Waals surface area contributed by atoms with Crippen molar-refractivity contribution in [1.29, 1.82) is 0 Å². The number of phenolic OH excluding ortho intramolecular Hbond substituents is 1. The Balaban J connectivity index is 1.80. The van der Waals surface area contributed by atoms with Gasteiger partial charge in [-0.05, 0) is 49.9 Å². The standard InChI is InChI=1S/C16H25NO2/c1-2-12-19-16-4-3-10-17(11-9-16)13-14-5-7-15(18)8-6-14/h5-8,16,18H,2-4,9-13H2,1H3/t16-/m0/s1. The average Bonchev–Trinajstić information content (AvgIpc) is 2.64. The molecule has 1 heterocycles. The highest BCUT2D eigenvalue weighted by atomic mass is 16.5. The van der Waals surface area contributed by atoms with Crippen molar-refractivity contribution in [2.45, 2.75) is 45.3 Å². The molecule has 1 saturated heterocycles. The van der Waals surface area contributed by atoms with E-state index in [4.69, 9.17) is 4.74 Å². The molecular weight excluding hydrogens is 238 g/mol. The minimum atomic E-state index is 0.340. The Hall–Kier alpha value is -1.06. The Bertz CT molecular complexity index is 364. The Morgan fingerprint density at radius 3 is 2.74 bits per heavy atom. The Morgan fingerprint density at radius 2 is 2.00 bits per heavy atom. The summed E-state index contributed by atoms with van der Waals surface area (Å²) in [5.74, 6) is 0.340. The van der Waals surface area contributed by atoms with Crippen molar-refractivity contribution in [2.24, 2.45) is 0 Å². The fourth-order valence-corrected chi connectivity index (χ4v) is 2.59. The molecular formula is C16H25NO2. The quantitative estimate of drug-likeness (QED) is 0.885. The largest absolute Gasteiger partial charge is 0.508 e. The number of hydrogen-bond acceptors (Lipinski definition) is 3. The monoisotopic (exact) mass is 263 g/mol. The van der Waals surface area contributed by atoms with Gasteiger partial charge in [-0.3, -0.25) is 4.90 Å². The number of likely N-dealkylation sites (tertiary alicyclic amines) is 1. The maximum Gasteiger partial charge on any atom is 0.115 e. The van der Waals surface area contributed by atoms with E-state index < -0.39 is 0 Å². The van der Waals surface area contributed by atoms with Gasteiger partial charge in [-0.25, -0.2) is 0 Å². The summed E-state index contributed by atoms with van der Waals surface area (Å²) in [5, 5.41) is 9.29. The molecule has 0 aliphatic carbocycles. The molecule has 0 aromatic heterocycles. The lowest BCUT2D eigenvalue weighted by Crippen LogP contribution is -2.25. The summed E-state index contributed by atoms with van der Waals surface area (Å²) in [5.41, 5.74) is 1.27. The van der Waals surface area contributed by atoms with Crippen molar-refractivity contribution >= 4 is 0 Å². The van der Waals surface area contributed by atoms with Crippen molar-refractivity contribution in [2.75, 3.05) is 19.7 Å². The first kappa shape index (κ1) is 14.4. The maximum atomic E-state index is 9.29. The molecule has 1 aliphatic rings. The van der Waals surface area contributed by atoms with Crippen LogP contribution >= 0.6 is 0 Å². The number of nitrogens with zero attached hydrogens (tertiary/aromatic N) is 1. The second kappa shape index (κ2) is 7.51. The van der Waals surface area contributed by atoms with Crippen LogP contribution in [0.15, 0.2) is 24.3 Å². The van der Waals surface area contributed by atoms with E-state index in [0.717, 1.165) is 39.1 Å². The highest BCUT2D eigenvalue weighted by Gasteiger charge is 2.17. The third-order valence-corrected chi connectivity index (χ3v) is 3.67. The Kier molecular flexibility index (Phi) is 5.67. The Morgan fingerprint density at radius 1 is 1.21 bits per heavy atom. The first-order valence-electron chi connectivity index (χ1n) is 7.40. The van der Waals surface area contributed by atoms with Crippen molar-refractivity contribution in [3.05, 3.63) is 29.8 Å². The van der Waals surface area contributed by atoms with Gasteiger partial charge in [-0.15, -0.1) is 0 Å². The van der Waals surface area contributed by atoms with Crippen molar-refractivity contribution in [3.8, 4) is 5.75 Å². The van der Waals surface area contributed by atoms with E-state index in [1.807, 2.05) is 12.1 Å². The second-order valence-corrected chi connectivity index (χ2v) is 5.37. The molecule has 0 radical (unpaired) electrons. The molecule has 2 rings (SSSR count). The third kappa shape index (κ3) is 4.84. The molecule has 3 nitrogen and oxygen atoms in total. The first-order valence-corrected chi connectivity index (χ1v) is 7.40. The van der Waals surface area contributed by atoms with Crippen molar-refractivity contribution in [1.82, 2.24) is 4.90 Å². The molecule has 3 heteroatoms. The predicted octanol–water partition coefficient (Wildman–Crippen LogP) is 3.17. The second-order valence-electron chi connectivity index (χ2n) is 5.37. The number of benzene rings is 1. The summed E-state index contributed by atoms with van der Waals surface area (Å²) >= 11 is 0. The van der Waals surface area contributed by atoms with E-state index in [1.54, 1.807) is 12.1 Å². The third-order valence-electron chi connectivity index (χ3n) is 3.67. The van der Waals surface area contributed by atoms with Crippen molar-refractivity contribution in [3.63, 3.8) is 0 Å².